The number of rotatable bonds is 3. The van der Waals surface area contributed by atoms with E-state index in [1.54, 1.807) is 6.07 Å². The molecule has 1 nitrogen and oxygen atoms in total. The number of hydrogen-bond acceptors (Lipinski definition) is 1. The first-order valence-corrected chi connectivity index (χ1v) is 4.75. The molecule has 72 valence electrons. The largest absolute Gasteiger partial charge is 0.313 e. The molecule has 0 aliphatic rings. The van der Waals surface area contributed by atoms with Crippen molar-refractivity contribution in [3.05, 3.63) is 33.6 Å². The van der Waals surface area contributed by atoms with Gasteiger partial charge in [-0.3, -0.25) is 0 Å². The van der Waals surface area contributed by atoms with E-state index in [-0.39, 0.29) is 5.02 Å². The summed E-state index contributed by atoms with van der Waals surface area (Å²) in [5.41, 5.74) is 0.815. The average Bonchev–Trinajstić information content (AvgIpc) is 2.13. The molecule has 0 heterocycles. The van der Waals surface area contributed by atoms with Gasteiger partial charge in [0.2, 0.25) is 0 Å². The second-order valence-corrected chi connectivity index (χ2v) is 3.37. The van der Waals surface area contributed by atoms with Crippen LogP contribution in [0.3, 0.4) is 0 Å². The second-order valence-electron chi connectivity index (χ2n) is 2.61. The first-order valence-electron chi connectivity index (χ1n) is 4.00. The van der Waals surface area contributed by atoms with E-state index < -0.39 is 5.82 Å². The molecule has 0 radical (unpaired) electrons. The first-order chi connectivity index (χ1) is 6.16. The van der Waals surface area contributed by atoms with Gasteiger partial charge in [0.15, 0.2) is 0 Å². The minimum Gasteiger partial charge on any atom is -0.313 e. The van der Waals surface area contributed by atoms with Crippen molar-refractivity contribution in [1.82, 2.24) is 5.32 Å². The van der Waals surface area contributed by atoms with Crippen LogP contribution in [0.25, 0.3) is 0 Å². The minimum absolute atomic E-state index is 0.00271. The molecule has 0 aliphatic carbocycles. The van der Waals surface area contributed by atoms with E-state index in [9.17, 15) is 4.39 Å². The van der Waals surface area contributed by atoms with Crippen LogP contribution in [0.4, 0.5) is 4.39 Å². The SMILES string of the molecule is CCNCc1ccc(F)c(Cl)c1Cl. The third-order valence-corrected chi connectivity index (χ3v) is 2.58. The summed E-state index contributed by atoms with van der Waals surface area (Å²) < 4.78 is 12.8. The standard InChI is InChI=1S/C9H10Cl2FN/c1-2-13-5-6-3-4-7(12)9(11)8(6)10/h3-4,13H,2,5H2,1H3. The van der Waals surface area contributed by atoms with Gasteiger partial charge in [-0.25, -0.2) is 4.39 Å². The van der Waals surface area contributed by atoms with Gasteiger partial charge in [0.1, 0.15) is 5.82 Å². The summed E-state index contributed by atoms with van der Waals surface area (Å²) in [4.78, 5) is 0. The summed E-state index contributed by atoms with van der Waals surface area (Å²) in [5.74, 6) is -0.480. The molecule has 0 aromatic heterocycles. The van der Waals surface area contributed by atoms with Crippen molar-refractivity contribution < 1.29 is 4.39 Å². The lowest BCUT2D eigenvalue weighted by molar-refractivity contribution is 0.626. The maximum absolute atomic E-state index is 12.8. The molecule has 0 amide bonds. The van der Waals surface area contributed by atoms with Gasteiger partial charge in [-0.2, -0.15) is 0 Å². The van der Waals surface area contributed by atoms with Crippen LogP contribution in [-0.4, -0.2) is 6.54 Å². The smallest absolute Gasteiger partial charge is 0.143 e. The zero-order valence-corrected chi connectivity index (χ0v) is 8.71. The van der Waals surface area contributed by atoms with Gasteiger partial charge in [0.05, 0.1) is 10.0 Å². The van der Waals surface area contributed by atoms with Gasteiger partial charge in [-0.15, -0.1) is 0 Å². The highest BCUT2D eigenvalue weighted by atomic mass is 35.5. The van der Waals surface area contributed by atoms with Crippen LogP contribution in [0.1, 0.15) is 12.5 Å². The van der Waals surface area contributed by atoms with E-state index in [0.29, 0.717) is 11.6 Å². The lowest BCUT2D eigenvalue weighted by atomic mass is 10.2. The normalized spacial score (nSPS) is 10.5. The Morgan fingerprint density at radius 2 is 2.00 bits per heavy atom. The number of benzene rings is 1. The molecule has 0 saturated heterocycles. The van der Waals surface area contributed by atoms with Crippen molar-refractivity contribution in [2.75, 3.05) is 6.54 Å². The molecule has 0 unspecified atom stereocenters. The topological polar surface area (TPSA) is 12.0 Å². The first kappa shape index (κ1) is 10.8. The molecular formula is C9H10Cl2FN. The van der Waals surface area contributed by atoms with Crippen molar-refractivity contribution in [2.45, 2.75) is 13.5 Å². The van der Waals surface area contributed by atoms with Crippen LogP contribution in [0.5, 0.6) is 0 Å². The molecule has 0 fully saturated rings. The summed E-state index contributed by atoms with van der Waals surface area (Å²) in [7, 11) is 0. The van der Waals surface area contributed by atoms with E-state index in [2.05, 4.69) is 5.32 Å². The quantitative estimate of drug-likeness (QED) is 0.774. The maximum Gasteiger partial charge on any atom is 0.143 e. The third kappa shape index (κ3) is 2.56. The summed E-state index contributed by atoms with van der Waals surface area (Å²) in [5, 5.41) is 3.38. The predicted molar refractivity (Wildman–Crippen MR) is 53.8 cm³/mol. The monoisotopic (exact) mass is 221 g/mol. The van der Waals surface area contributed by atoms with Crippen molar-refractivity contribution >= 4 is 23.2 Å². The molecule has 0 spiro atoms. The number of nitrogens with one attached hydrogen (secondary N) is 1. The minimum atomic E-state index is -0.480. The van der Waals surface area contributed by atoms with Crippen LogP contribution < -0.4 is 5.32 Å². The molecule has 0 bridgehead atoms. The highest BCUT2D eigenvalue weighted by molar-refractivity contribution is 6.42. The Morgan fingerprint density at radius 3 is 2.62 bits per heavy atom. The molecule has 0 atom stereocenters. The Kier molecular flexibility index (Phi) is 3.97. The van der Waals surface area contributed by atoms with E-state index >= 15 is 0 Å². The fourth-order valence-electron chi connectivity index (χ4n) is 0.962. The van der Waals surface area contributed by atoms with E-state index in [1.165, 1.54) is 6.07 Å². The van der Waals surface area contributed by atoms with Gasteiger partial charge >= 0.3 is 0 Å². The Labute approximate surface area is 86.8 Å². The summed E-state index contributed by atoms with van der Waals surface area (Å²) in [6, 6.07) is 2.95. The number of hydrogen-bond donors (Lipinski definition) is 1. The Hall–Kier alpha value is -0.310. The molecule has 1 aromatic carbocycles. The molecule has 0 saturated carbocycles. The zero-order chi connectivity index (χ0) is 9.84. The van der Waals surface area contributed by atoms with Gasteiger partial charge < -0.3 is 5.32 Å². The van der Waals surface area contributed by atoms with Gasteiger partial charge in [-0.05, 0) is 18.2 Å². The van der Waals surface area contributed by atoms with Crippen LogP contribution >= 0.6 is 23.2 Å². The molecule has 13 heavy (non-hydrogen) atoms. The van der Waals surface area contributed by atoms with Crippen LogP contribution in [0.15, 0.2) is 12.1 Å². The zero-order valence-electron chi connectivity index (χ0n) is 7.20. The predicted octanol–water partition coefficient (Wildman–Crippen LogP) is 3.24. The van der Waals surface area contributed by atoms with Crippen molar-refractivity contribution in [1.29, 1.82) is 0 Å². The van der Waals surface area contributed by atoms with E-state index in [4.69, 9.17) is 23.2 Å². The van der Waals surface area contributed by atoms with Crippen LogP contribution in [0.2, 0.25) is 10.0 Å². The third-order valence-electron chi connectivity index (χ3n) is 1.68. The highest BCUT2D eigenvalue weighted by Crippen LogP contribution is 2.28. The molecule has 1 rings (SSSR count). The molecule has 0 aliphatic heterocycles. The van der Waals surface area contributed by atoms with Crippen molar-refractivity contribution in [3.63, 3.8) is 0 Å². The average molecular weight is 222 g/mol. The Bertz CT molecular complexity index is 302. The fourth-order valence-corrected chi connectivity index (χ4v) is 1.37. The maximum atomic E-state index is 12.8. The number of halogens is 3. The van der Waals surface area contributed by atoms with E-state index in [0.717, 1.165) is 12.1 Å². The van der Waals surface area contributed by atoms with Gasteiger partial charge in [0.25, 0.3) is 0 Å². The Balaban J connectivity index is 2.90. The summed E-state index contributed by atoms with van der Waals surface area (Å²) >= 11 is 11.4. The van der Waals surface area contributed by atoms with E-state index in [1.807, 2.05) is 6.92 Å². The van der Waals surface area contributed by atoms with Crippen molar-refractivity contribution in [2.24, 2.45) is 0 Å². The molecular weight excluding hydrogens is 212 g/mol. The second kappa shape index (κ2) is 4.80. The highest BCUT2D eigenvalue weighted by Gasteiger charge is 2.08. The van der Waals surface area contributed by atoms with Gasteiger partial charge in [-0.1, -0.05) is 36.2 Å². The molecule has 4 heteroatoms. The lowest BCUT2D eigenvalue weighted by Crippen LogP contribution is -2.12. The Morgan fingerprint density at radius 1 is 1.31 bits per heavy atom. The van der Waals surface area contributed by atoms with Gasteiger partial charge in [0, 0.05) is 6.54 Å². The lowest BCUT2D eigenvalue weighted by Gasteiger charge is -2.06. The fraction of sp³-hybridized carbons (Fsp3) is 0.333. The van der Waals surface area contributed by atoms with Crippen molar-refractivity contribution in [3.8, 4) is 0 Å². The van der Waals surface area contributed by atoms with Crippen LogP contribution in [0, 0.1) is 5.82 Å². The van der Waals surface area contributed by atoms with Crippen LogP contribution in [-0.2, 0) is 6.54 Å². The molecule has 1 aromatic rings. The summed E-state index contributed by atoms with van der Waals surface area (Å²) in [6.45, 7) is 3.43. The summed E-state index contributed by atoms with van der Waals surface area (Å²) in [6.07, 6.45) is 0. The molecule has 1 N–H and O–H groups in total.